The molecule has 0 saturated heterocycles. The summed E-state index contributed by atoms with van der Waals surface area (Å²) in [6, 6.07) is 2.05. The van der Waals surface area contributed by atoms with E-state index < -0.39 is 0 Å². The van der Waals surface area contributed by atoms with E-state index in [4.69, 9.17) is 4.42 Å². The summed E-state index contributed by atoms with van der Waals surface area (Å²) < 4.78 is 5.44. The lowest BCUT2D eigenvalue weighted by atomic mass is 9.93. The molecule has 0 spiro atoms. The second-order valence-electron chi connectivity index (χ2n) is 4.18. The Bertz CT molecular complexity index is 458. The Morgan fingerprint density at radius 3 is 2.44 bits per heavy atom. The fraction of sp³-hybridized carbons (Fsp3) is 0.467. The van der Waals surface area contributed by atoms with Crippen molar-refractivity contribution in [3.63, 3.8) is 0 Å². The van der Waals surface area contributed by atoms with E-state index in [2.05, 4.69) is 39.5 Å². The van der Waals surface area contributed by atoms with Crippen LogP contribution in [0.15, 0.2) is 22.1 Å². The van der Waals surface area contributed by atoms with Crippen LogP contribution in [-0.4, -0.2) is 0 Å². The van der Waals surface area contributed by atoms with Gasteiger partial charge in [0, 0.05) is 5.22 Å². The first-order chi connectivity index (χ1) is 7.62. The van der Waals surface area contributed by atoms with Gasteiger partial charge in [-0.15, -0.1) is 0 Å². The zero-order valence-corrected chi connectivity index (χ0v) is 10.8. The summed E-state index contributed by atoms with van der Waals surface area (Å²) >= 11 is 0. The predicted octanol–water partition coefficient (Wildman–Crippen LogP) is 3.16. The minimum absolute atomic E-state index is 0.639. The van der Waals surface area contributed by atoms with Crippen LogP contribution >= 0.6 is 0 Å². The average Bonchev–Trinajstić information content (AvgIpc) is 2.57. The van der Waals surface area contributed by atoms with Crippen molar-refractivity contribution < 1.29 is 4.42 Å². The van der Waals surface area contributed by atoms with Gasteiger partial charge in [-0.1, -0.05) is 26.5 Å². The largest absolute Gasteiger partial charge is 0.462 e. The van der Waals surface area contributed by atoms with E-state index >= 15 is 0 Å². The SMILES string of the molecule is C=c1oc(C)c/c1=C/C(=C\C)C(CC)CC. The maximum Gasteiger partial charge on any atom is 0.127 e. The first kappa shape index (κ1) is 12.8. The third-order valence-corrected chi connectivity index (χ3v) is 3.08. The van der Waals surface area contributed by atoms with Gasteiger partial charge in [0.15, 0.2) is 0 Å². The molecule has 1 rings (SSSR count). The van der Waals surface area contributed by atoms with Gasteiger partial charge in [-0.05, 0) is 50.3 Å². The Labute approximate surface area is 98.2 Å². The van der Waals surface area contributed by atoms with E-state index in [1.165, 1.54) is 18.4 Å². The zero-order valence-electron chi connectivity index (χ0n) is 10.8. The summed E-state index contributed by atoms with van der Waals surface area (Å²) in [5.41, 5.74) is 2.15. The molecule has 16 heavy (non-hydrogen) atoms. The molecule has 1 heteroatoms. The van der Waals surface area contributed by atoms with Crippen LogP contribution in [0.2, 0.25) is 0 Å². The number of hydrogen-bond donors (Lipinski definition) is 0. The molecule has 1 nitrogen and oxygen atoms in total. The summed E-state index contributed by atoms with van der Waals surface area (Å²) in [4.78, 5) is 0. The smallest absolute Gasteiger partial charge is 0.127 e. The minimum atomic E-state index is 0.639. The normalized spacial score (nSPS) is 13.8. The molecule has 0 fully saturated rings. The van der Waals surface area contributed by atoms with Crippen molar-refractivity contribution in [1.82, 2.24) is 0 Å². The third-order valence-electron chi connectivity index (χ3n) is 3.08. The molecule has 0 aliphatic rings. The highest BCUT2D eigenvalue weighted by Crippen LogP contribution is 2.19. The van der Waals surface area contributed by atoms with Crippen molar-refractivity contribution in [3.05, 3.63) is 34.1 Å². The molecule has 0 atom stereocenters. The maximum absolute atomic E-state index is 5.44. The van der Waals surface area contributed by atoms with Crippen LogP contribution in [0.5, 0.6) is 0 Å². The Balaban J connectivity index is 3.15. The Hall–Kier alpha value is -1.24. The van der Waals surface area contributed by atoms with Gasteiger partial charge in [0.05, 0.1) is 0 Å². The zero-order chi connectivity index (χ0) is 12.1. The lowest BCUT2D eigenvalue weighted by Crippen LogP contribution is -2.18. The fourth-order valence-electron chi connectivity index (χ4n) is 2.08. The lowest BCUT2D eigenvalue weighted by Gasteiger charge is -2.12. The molecule has 0 saturated carbocycles. The van der Waals surface area contributed by atoms with E-state index in [0.29, 0.717) is 5.92 Å². The maximum atomic E-state index is 5.44. The Kier molecular flexibility index (Phi) is 4.60. The van der Waals surface area contributed by atoms with Gasteiger partial charge in [-0.2, -0.15) is 0 Å². The Morgan fingerprint density at radius 2 is 2.06 bits per heavy atom. The average molecular weight is 218 g/mol. The van der Waals surface area contributed by atoms with Crippen molar-refractivity contribution >= 4 is 12.7 Å². The van der Waals surface area contributed by atoms with Gasteiger partial charge < -0.3 is 4.42 Å². The highest BCUT2D eigenvalue weighted by Gasteiger charge is 2.06. The number of hydrogen-bond acceptors (Lipinski definition) is 1. The van der Waals surface area contributed by atoms with Crippen LogP contribution < -0.4 is 10.6 Å². The fourth-order valence-corrected chi connectivity index (χ4v) is 2.08. The van der Waals surface area contributed by atoms with Crippen LogP contribution in [0, 0.1) is 12.8 Å². The van der Waals surface area contributed by atoms with Gasteiger partial charge in [0.2, 0.25) is 0 Å². The molecule has 0 bridgehead atoms. The predicted molar refractivity (Wildman–Crippen MR) is 70.5 cm³/mol. The summed E-state index contributed by atoms with van der Waals surface area (Å²) in [5.74, 6) is 1.57. The van der Waals surface area contributed by atoms with E-state index in [1.807, 2.05) is 13.0 Å². The molecule has 0 aliphatic heterocycles. The summed E-state index contributed by atoms with van der Waals surface area (Å²) in [6.07, 6.45) is 6.75. The molecule has 0 amide bonds. The van der Waals surface area contributed by atoms with E-state index in [-0.39, 0.29) is 0 Å². The molecule has 1 aromatic heterocycles. The lowest BCUT2D eigenvalue weighted by molar-refractivity contribution is 0.503. The number of aryl methyl sites for hydroxylation is 1. The number of allylic oxidation sites excluding steroid dienone is 2. The van der Waals surface area contributed by atoms with Gasteiger partial charge >= 0.3 is 0 Å². The molecule has 0 aromatic carbocycles. The molecule has 0 aliphatic carbocycles. The van der Waals surface area contributed by atoms with Crippen LogP contribution in [0.25, 0.3) is 12.7 Å². The molecule has 0 radical (unpaired) electrons. The van der Waals surface area contributed by atoms with Gasteiger partial charge in [-0.3, -0.25) is 0 Å². The van der Waals surface area contributed by atoms with Crippen LogP contribution in [0.4, 0.5) is 0 Å². The van der Waals surface area contributed by atoms with Crippen molar-refractivity contribution in [1.29, 1.82) is 0 Å². The van der Waals surface area contributed by atoms with Crippen LogP contribution in [0.1, 0.15) is 39.4 Å². The topological polar surface area (TPSA) is 13.1 Å². The quantitative estimate of drug-likeness (QED) is 0.756. The molecular formula is C15H22O. The van der Waals surface area contributed by atoms with Crippen molar-refractivity contribution in [2.45, 2.75) is 40.5 Å². The molecule has 1 aromatic rings. The van der Waals surface area contributed by atoms with Gasteiger partial charge in [0.1, 0.15) is 11.2 Å². The summed E-state index contributed by atoms with van der Waals surface area (Å²) in [6.45, 7) is 12.4. The third kappa shape index (κ3) is 2.88. The van der Waals surface area contributed by atoms with Gasteiger partial charge in [-0.25, -0.2) is 0 Å². The molecule has 0 unspecified atom stereocenters. The first-order valence-electron chi connectivity index (χ1n) is 6.05. The van der Waals surface area contributed by atoms with Gasteiger partial charge in [0.25, 0.3) is 0 Å². The molecule has 0 N–H and O–H groups in total. The minimum Gasteiger partial charge on any atom is -0.462 e. The van der Waals surface area contributed by atoms with Crippen molar-refractivity contribution in [2.75, 3.05) is 0 Å². The monoisotopic (exact) mass is 218 g/mol. The number of furan rings is 1. The van der Waals surface area contributed by atoms with E-state index in [1.54, 1.807) is 0 Å². The second-order valence-corrected chi connectivity index (χ2v) is 4.18. The summed E-state index contributed by atoms with van der Waals surface area (Å²) in [5, 5.41) is 1.11. The number of rotatable bonds is 4. The van der Waals surface area contributed by atoms with Crippen LogP contribution in [0.3, 0.4) is 0 Å². The van der Waals surface area contributed by atoms with E-state index in [9.17, 15) is 0 Å². The van der Waals surface area contributed by atoms with Crippen LogP contribution in [-0.2, 0) is 0 Å². The molecular weight excluding hydrogens is 196 g/mol. The highest BCUT2D eigenvalue weighted by molar-refractivity contribution is 5.47. The first-order valence-corrected chi connectivity index (χ1v) is 6.05. The van der Waals surface area contributed by atoms with Crippen molar-refractivity contribution in [3.8, 4) is 0 Å². The summed E-state index contributed by atoms with van der Waals surface area (Å²) in [7, 11) is 0. The standard InChI is InChI=1S/C15H22O/c1-6-13(7-2)14(8-3)10-15-9-11(4)16-12(15)5/h8-10,13H,5-7H2,1-4H3/b14-8+,15-10-. The second kappa shape index (κ2) is 5.74. The highest BCUT2D eigenvalue weighted by atomic mass is 16.3. The van der Waals surface area contributed by atoms with E-state index in [0.717, 1.165) is 16.4 Å². The van der Waals surface area contributed by atoms with Crippen molar-refractivity contribution in [2.24, 2.45) is 5.92 Å². The molecule has 1 heterocycles. The Morgan fingerprint density at radius 1 is 1.44 bits per heavy atom. The molecule has 88 valence electrons.